The van der Waals surface area contributed by atoms with Gasteiger partial charge in [0.2, 0.25) is 5.76 Å². The molecule has 0 amide bonds. The average Bonchev–Trinajstić information content (AvgIpc) is 2.37. The third-order valence-electron chi connectivity index (χ3n) is 0.951. The molecule has 66 valence electrons. The second-order valence-electron chi connectivity index (χ2n) is 1.82. The Labute approximate surface area is 68.2 Å². The Bertz CT molecular complexity index is 263. The number of carbonyl (C=O) groups is 2. The van der Waals surface area contributed by atoms with E-state index < -0.39 is 5.97 Å². The van der Waals surface area contributed by atoms with Crippen LogP contribution in [0.5, 0.6) is 0 Å². The van der Waals surface area contributed by atoms with Gasteiger partial charge in [-0.25, -0.2) is 4.79 Å². The molecule has 1 aromatic heterocycles. The normalized spacial score (nSPS) is 8.08. The molecule has 0 aliphatic heterocycles. The molecule has 0 saturated heterocycles. The highest BCUT2D eigenvalue weighted by atomic mass is 16.4. The standard InChI is InChI=1S/C6H6O3.CH2O2/c1-4-2-3-5(9-4)6(7)8;2-1-3/h2-3H,1H3,(H,7,8);1H,(H,2,3). The summed E-state index contributed by atoms with van der Waals surface area (Å²) in [6.07, 6.45) is 0. The molecule has 2 N–H and O–H groups in total. The minimum Gasteiger partial charge on any atom is -0.483 e. The quantitative estimate of drug-likeness (QED) is 0.616. The molecular weight excluding hydrogens is 164 g/mol. The average molecular weight is 172 g/mol. The summed E-state index contributed by atoms with van der Waals surface area (Å²) in [7, 11) is 0. The summed E-state index contributed by atoms with van der Waals surface area (Å²) in [5, 5.41) is 15.2. The molecule has 5 nitrogen and oxygen atoms in total. The van der Waals surface area contributed by atoms with Crippen molar-refractivity contribution >= 4 is 12.4 Å². The SMILES string of the molecule is Cc1ccc(C(=O)O)o1.O=CO. The van der Waals surface area contributed by atoms with Gasteiger partial charge >= 0.3 is 5.97 Å². The third kappa shape index (κ3) is 3.40. The van der Waals surface area contributed by atoms with E-state index in [0.29, 0.717) is 5.76 Å². The number of carboxylic acids is 1. The molecule has 0 aromatic carbocycles. The van der Waals surface area contributed by atoms with Crippen LogP contribution in [-0.2, 0) is 4.79 Å². The van der Waals surface area contributed by atoms with E-state index >= 15 is 0 Å². The zero-order chi connectivity index (χ0) is 9.56. The van der Waals surface area contributed by atoms with E-state index in [1.54, 1.807) is 13.0 Å². The van der Waals surface area contributed by atoms with Crippen LogP contribution in [-0.4, -0.2) is 22.7 Å². The molecule has 1 heterocycles. The predicted molar refractivity (Wildman–Crippen MR) is 39.1 cm³/mol. The number of aryl methyl sites for hydroxylation is 1. The molecule has 12 heavy (non-hydrogen) atoms. The van der Waals surface area contributed by atoms with Crippen molar-refractivity contribution in [3.63, 3.8) is 0 Å². The monoisotopic (exact) mass is 172 g/mol. The van der Waals surface area contributed by atoms with Gasteiger partial charge in [-0.15, -0.1) is 0 Å². The lowest BCUT2D eigenvalue weighted by Gasteiger charge is -1.82. The van der Waals surface area contributed by atoms with Crippen molar-refractivity contribution in [2.75, 3.05) is 0 Å². The van der Waals surface area contributed by atoms with Crippen LogP contribution in [0.4, 0.5) is 0 Å². The maximum atomic E-state index is 10.1. The number of aromatic carboxylic acids is 1. The van der Waals surface area contributed by atoms with Gasteiger partial charge < -0.3 is 14.6 Å². The summed E-state index contributed by atoms with van der Waals surface area (Å²) >= 11 is 0. The zero-order valence-corrected chi connectivity index (χ0v) is 6.35. The van der Waals surface area contributed by atoms with Gasteiger partial charge in [-0.1, -0.05) is 0 Å². The lowest BCUT2D eigenvalue weighted by atomic mass is 10.4. The number of hydrogen-bond acceptors (Lipinski definition) is 3. The number of carboxylic acid groups (broad SMARTS) is 2. The molecule has 1 rings (SSSR count). The van der Waals surface area contributed by atoms with Crippen LogP contribution in [0, 0.1) is 6.92 Å². The van der Waals surface area contributed by atoms with Crippen molar-refractivity contribution in [3.8, 4) is 0 Å². The van der Waals surface area contributed by atoms with Crippen LogP contribution in [0.1, 0.15) is 16.3 Å². The Morgan fingerprint density at radius 3 is 2.25 bits per heavy atom. The molecule has 0 spiro atoms. The van der Waals surface area contributed by atoms with Crippen molar-refractivity contribution in [2.24, 2.45) is 0 Å². The van der Waals surface area contributed by atoms with E-state index in [1.807, 2.05) is 0 Å². The van der Waals surface area contributed by atoms with Gasteiger partial charge in [0.25, 0.3) is 6.47 Å². The molecule has 0 bridgehead atoms. The summed E-state index contributed by atoms with van der Waals surface area (Å²) in [4.78, 5) is 18.5. The first-order valence-electron chi connectivity index (χ1n) is 2.99. The van der Waals surface area contributed by atoms with Crippen LogP contribution >= 0.6 is 0 Å². The fraction of sp³-hybridized carbons (Fsp3) is 0.143. The second kappa shape index (κ2) is 4.95. The Morgan fingerprint density at radius 1 is 1.58 bits per heavy atom. The molecule has 5 heteroatoms. The smallest absolute Gasteiger partial charge is 0.371 e. The van der Waals surface area contributed by atoms with Gasteiger partial charge in [-0.05, 0) is 19.1 Å². The zero-order valence-electron chi connectivity index (χ0n) is 6.35. The highest BCUT2D eigenvalue weighted by Crippen LogP contribution is 2.04. The number of hydrogen-bond donors (Lipinski definition) is 2. The molecule has 0 unspecified atom stereocenters. The van der Waals surface area contributed by atoms with E-state index in [-0.39, 0.29) is 12.2 Å². The van der Waals surface area contributed by atoms with Gasteiger partial charge in [-0.3, -0.25) is 4.79 Å². The van der Waals surface area contributed by atoms with Crippen molar-refractivity contribution < 1.29 is 24.2 Å². The van der Waals surface area contributed by atoms with Crippen molar-refractivity contribution in [2.45, 2.75) is 6.92 Å². The van der Waals surface area contributed by atoms with Gasteiger partial charge in [0.15, 0.2) is 0 Å². The summed E-state index contributed by atoms with van der Waals surface area (Å²) in [6, 6.07) is 3.04. The van der Waals surface area contributed by atoms with Gasteiger partial charge in [0, 0.05) is 0 Å². The summed E-state index contributed by atoms with van der Waals surface area (Å²) in [5.74, 6) is -0.414. The molecular formula is C7H8O5. The first kappa shape index (κ1) is 10.2. The highest BCUT2D eigenvalue weighted by Gasteiger charge is 2.04. The number of furan rings is 1. The van der Waals surface area contributed by atoms with E-state index in [1.165, 1.54) is 6.07 Å². The minimum absolute atomic E-state index is 0.00694. The lowest BCUT2D eigenvalue weighted by Crippen LogP contribution is -1.91. The predicted octanol–water partition coefficient (Wildman–Crippen LogP) is 0.987. The summed E-state index contributed by atoms with van der Waals surface area (Å²) in [6.45, 7) is 1.45. The molecule has 0 atom stereocenters. The van der Waals surface area contributed by atoms with E-state index in [0.717, 1.165) is 0 Å². The Balaban J connectivity index is 0.000000354. The van der Waals surface area contributed by atoms with Crippen LogP contribution in [0.2, 0.25) is 0 Å². The molecule has 0 aliphatic rings. The molecule has 0 radical (unpaired) electrons. The second-order valence-corrected chi connectivity index (χ2v) is 1.82. The Hall–Kier alpha value is -1.78. The van der Waals surface area contributed by atoms with Crippen LogP contribution in [0.3, 0.4) is 0 Å². The molecule has 0 fully saturated rings. The third-order valence-corrected chi connectivity index (χ3v) is 0.951. The van der Waals surface area contributed by atoms with Crippen LogP contribution in [0.25, 0.3) is 0 Å². The van der Waals surface area contributed by atoms with E-state index in [2.05, 4.69) is 0 Å². The Morgan fingerprint density at radius 2 is 2.08 bits per heavy atom. The molecule has 1 aromatic rings. The molecule has 0 saturated carbocycles. The largest absolute Gasteiger partial charge is 0.483 e. The van der Waals surface area contributed by atoms with Gasteiger partial charge in [0.05, 0.1) is 0 Å². The lowest BCUT2D eigenvalue weighted by molar-refractivity contribution is -0.122. The maximum absolute atomic E-state index is 10.1. The van der Waals surface area contributed by atoms with Crippen LogP contribution < -0.4 is 0 Å². The van der Waals surface area contributed by atoms with E-state index in [9.17, 15) is 4.79 Å². The first-order chi connectivity index (χ1) is 5.61. The highest BCUT2D eigenvalue weighted by molar-refractivity contribution is 5.84. The first-order valence-corrected chi connectivity index (χ1v) is 2.99. The fourth-order valence-electron chi connectivity index (χ4n) is 0.549. The minimum atomic E-state index is -1.02. The van der Waals surface area contributed by atoms with E-state index in [4.69, 9.17) is 19.4 Å². The maximum Gasteiger partial charge on any atom is 0.371 e. The molecule has 0 aliphatic carbocycles. The number of rotatable bonds is 1. The van der Waals surface area contributed by atoms with Crippen molar-refractivity contribution in [1.29, 1.82) is 0 Å². The topological polar surface area (TPSA) is 87.7 Å². The van der Waals surface area contributed by atoms with Gasteiger partial charge in [0.1, 0.15) is 5.76 Å². The van der Waals surface area contributed by atoms with Crippen molar-refractivity contribution in [3.05, 3.63) is 23.7 Å². The van der Waals surface area contributed by atoms with Crippen molar-refractivity contribution in [1.82, 2.24) is 0 Å². The van der Waals surface area contributed by atoms with Crippen LogP contribution in [0.15, 0.2) is 16.5 Å². The summed E-state index contributed by atoms with van der Waals surface area (Å²) in [5.41, 5.74) is 0. The fourth-order valence-corrected chi connectivity index (χ4v) is 0.549. The Kier molecular flexibility index (Phi) is 4.21. The van der Waals surface area contributed by atoms with Gasteiger partial charge in [-0.2, -0.15) is 0 Å². The summed E-state index contributed by atoms with van der Waals surface area (Å²) < 4.78 is 4.75.